The molecule has 126 valence electrons. The van der Waals surface area contributed by atoms with Crippen LogP contribution in [0.1, 0.15) is 25.3 Å². The molecule has 2 aromatic heterocycles. The lowest BCUT2D eigenvalue weighted by Crippen LogP contribution is -2.45. The van der Waals surface area contributed by atoms with Crippen molar-refractivity contribution in [2.75, 3.05) is 13.1 Å². The molecular weight excluding hydrogens is 300 g/mol. The number of piperidine rings is 1. The molecule has 0 spiro atoms. The van der Waals surface area contributed by atoms with E-state index in [1.807, 2.05) is 30.6 Å². The fraction of sp³-hybridized carbons (Fsp3) is 0.500. The number of hydrazine groups is 1. The Hall–Kier alpha value is -1.89. The number of pyridine rings is 1. The molecule has 2 saturated heterocycles. The van der Waals surface area contributed by atoms with Crippen molar-refractivity contribution in [3.05, 3.63) is 42.4 Å². The predicted molar refractivity (Wildman–Crippen MR) is 92.8 cm³/mol. The molecule has 6 nitrogen and oxygen atoms in total. The van der Waals surface area contributed by atoms with Gasteiger partial charge in [0.25, 0.3) is 0 Å². The van der Waals surface area contributed by atoms with Gasteiger partial charge >= 0.3 is 0 Å². The van der Waals surface area contributed by atoms with E-state index < -0.39 is 0 Å². The van der Waals surface area contributed by atoms with Crippen LogP contribution in [0.2, 0.25) is 0 Å². The molecular formula is C18H24N6. The zero-order valence-corrected chi connectivity index (χ0v) is 14.0. The monoisotopic (exact) mass is 324 g/mol. The van der Waals surface area contributed by atoms with E-state index in [2.05, 4.69) is 37.6 Å². The minimum absolute atomic E-state index is 0.584. The topological polar surface area (TPSA) is 66.0 Å². The number of hydrogen-bond acceptors (Lipinski definition) is 6. The highest BCUT2D eigenvalue weighted by Gasteiger charge is 2.38. The Kier molecular flexibility index (Phi) is 4.51. The van der Waals surface area contributed by atoms with Crippen molar-refractivity contribution in [1.82, 2.24) is 30.7 Å². The highest BCUT2D eigenvalue weighted by Crippen LogP contribution is 2.26. The van der Waals surface area contributed by atoms with Gasteiger partial charge in [-0.15, -0.1) is 0 Å². The molecule has 0 radical (unpaired) electrons. The molecule has 2 fully saturated rings. The van der Waals surface area contributed by atoms with Gasteiger partial charge in [0.15, 0.2) is 5.82 Å². The maximum absolute atomic E-state index is 4.49. The normalized spacial score (nSPS) is 27.1. The summed E-state index contributed by atoms with van der Waals surface area (Å²) in [5.74, 6) is 1.38. The van der Waals surface area contributed by atoms with Crippen molar-refractivity contribution in [3.8, 4) is 11.5 Å². The van der Waals surface area contributed by atoms with Crippen molar-refractivity contribution >= 4 is 0 Å². The molecule has 6 heteroatoms. The minimum atomic E-state index is 0.584. The lowest BCUT2D eigenvalue weighted by atomic mass is 9.87. The van der Waals surface area contributed by atoms with Crippen LogP contribution in [0, 0.1) is 5.92 Å². The maximum atomic E-state index is 4.49. The van der Waals surface area contributed by atoms with Crippen LogP contribution < -0.4 is 10.9 Å². The smallest absolute Gasteiger partial charge is 0.178 e. The average Bonchev–Trinajstić information content (AvgIpc) is 3.05. The third-order valence-corrected chi connectivity index (χ3v) is 5.16. The first kappa shape index (κ1) is 15.6. The summed E-state index contributed by atoms with van der Waals surface area (Å²) < 4.78 is 0. The number of nitrogens with zero attached hydrogens (tertiary/aromatic N) is 4. The van der Waals surface area contributed by atoms with Gasteiger partial charge in [0, 0.05) is 61.8 Å². The van der Waals surface area contributed by atoms with Gasteiger partial charge in [0.05, 0.1) is 0 Å². The zero-order chi connectivity index (χ0) is 16.4. The van der Waals surface area contributed by atoms with Crippen molar-refractivity contribution in [2.24, 2.45) is 5.92 Å². The first-order valence-corrected chi connectivity index (χ1v) is 8.79. The summed E-state index contributed by atoms with van der Waals surface area (Å²) in [4.78, 5) is 15.8. The van der Waals surface area contributed by atoms with E-state index in [0.29, 0.717) is 23.8 Å². The second-order valence-corrected chi connectivity index (χ2v) is 6.73. The predicted octanol–water partition coefficient (Wildman–Crippen LogP) is 1.62. The fourth-order valence-electron chi connectivity index (χ4n) is 3.83. The molecule has 0 bridgehead atoms. The van der Waals surface area contributed by atoms with Crippen LogP contribution in [0.5, 0.6) is 0 Å². The quantitative estimate of drug-likeness (QED) is 0.891. The summed E-state index contributed by atoms with van der Waals surface area (Å²) in [6, 6.07) is 7.00. The van der Waals surface area contributed by atoms with Crippen molar-refractivity contribution in [2.45, 2.75) is 38.4 Å². The molecule has 24 heavy (non-hydrogen) atoms. The zero-order valence-electron chi connectivity index (χ0n) is 14.0. The molecule has 0 aliphatic carbocycles. The van der Waals surface area contributed by atoms with Crippen molar-refractivity contribution in [1.29, 1.82) is 0 Å². The molecule has 3 unspecified atom stereocenters. The second-order valence-electron chi connectivity index (χ2n) is 6.73. The van der Waals surface area contributed by atoms with Crippen LogP contribution in [0.25, 0.3) is 11.5 Å². The van der Waals surface area contributed by atoms with Crippen molar-refractivity contribution in [3.63, 3.8) is 0 Å². The van der Waals surface area contributed by atoms with Gasteiger partial charge in [-0.2, -0.15) is 0 Å². The van der Waals surface area contributed by atoms with Crippen LogP contribution in [-0.2, 0) is 6.54 Å². The number of nitrogens with one attached hydrogen (secondary N) is 2. The van der Waals surface area contributed by atoms with E-state index in [0.717, 1.165) is 25.3 Å². The van der Waals surface area contributed by atoms with E-state index in [9.17, 15) is 0 Å². The Labute approximate surface area is 142 Å². The largest absolute Gasteiger partial charge is 0.299 e. The highest BCUT2D eigenvalue weighted by atomic mass is 15.4. The lowest BCUT2D eigenvalue weighted by molar-refractivity contribution is 0.147. The Bertz CT molecular complexity index is 653. The SMILES string of the molecule is CCC1NNC2CCN(Cc3cnc(-c4ccccn4)nc3)CC12. The van der Waals surface area contributed by atoms with E-state index in [-0.39, 0.29) is 0 Å². The Morgan fingerprint density at radius 3 is 2.79 bits per heavy atom. The molecule has 2 aromatic rings. The molecule has 0 saturated carbocycles. The average molecular weight is 324 g/mol. The molecule has 2 N–H and O–H groups in total. The van der Waals surface area contributed by atoms with Gasteiger partial charge in [-0.1, -0.05) is 13.0 Å². The van der Waals surface area contributed by atoms with Crippen LogP contribution in [0.15, 0.2) is 36.8 Å². The summed E-state index contributed by atoms with van der Waals surface area (Å²) in [5.41, 5.74) is 8.90. The molecule has 2 aliphatic rings. The van der Waals surface area contributed by atoms with Crippen LogP contribution >= 0.6 is 0 Å². The van der Waals surface area contributed by atoms with Gasteiger partial charge in [-0.3, -0.25) is 20.7 Å². The molecule has 0 amide bonds. The molecule has 4 heterocycles. The number of aromatic nitrogens is 3. The standard InChI is InChI=1S/C18H24N6/c1-2-15-14-12-24(8-6-16(14)23-22-15)11-13-9-20-18(21-10-13)17-5-3-4-7-19-17/h3-5,7,9-10,14-16,22-23H,2,6,8,11-12H2,1H3. The van der Waals surface area contributed by atoms with Gasteiger partial charge in [0.2, 0.25) is 0 Å². The lowest BCUT2D eigenvalue weighted by Gasteiger charge is -2.35. The molecule has 4 rings (SSSR count). The summed E-state index contributed by atoms with van der Waals surface area (Å²) in [6.07, 6.45) is 8.01. The Morgan fingerprint density at radius 1 is 1.17 bits per heavy atom. The number of fused-ring (bicyclic) bond motifs is 1. The summed E-state index contributed by atoms with van der Waals surface area (Å²) in [7, 11) is 0. The number of likely N-dealkylation sites (tertiary alicyclic amines) is 1. The van der Waals surface area contributed by atoms with Crippen LogP contribution in [0.4, 0.5) is 0 Å². The third-order valence-electron chi connectivity index (χ3n) is 5.16. The Morgan fingerprint density at radius 2 is 2.04 bits per heavy atom. The molecule has 0 aromatic carbocycles. The first-order valence-electron chi connectivity index (χ1n) is 8.79. The Balaban J connectivity index is 1.40. The van der Waals surface area contributed by atoms with E-state index >= 15 is 0 Å². The third kappa shape index (κ3) is 3.17. The van der Waals surface area contributed by atoms with Gasteiger partial charge in [-0.25, -0.2) is 9.97 Å². The first-order chi connectivity index (χ1) is 11.8. The number of rotatable bonds is 4. The number of hydrogen-bond donors (Lipinski definition) is 2. The highest BCUT2D eigenvalue weighted by molar-refractivity contribution is 5.47. The minimum Gasteiger partial charge on any atom is -0.299 e. The van der Waals surface area contributed by atoms with Gasteiger partial charge in [0.1, 0.15) is 5.69 Å². The maximum Gasteiger partial charge on any atom is 0.178 e. The van der Waals surface area contributed by atoms with Gasteiger partial charge < -0.3 is 0 Å². The van der Waals surface area contributed by atoms with Crippen LogP contribution in [-0.4, -0.2) is 45.0 Å². The van der Waals surface area contributed by atoms with E-state index in [1.165, 1.54) is 18.4 Å². The van der Waals surface area contributed by atoms with Crippen LogP contribution in [0.3, 0.4) is 0 Å². The fourth-order valence-corrected chi connectivity index (χ4v) is 3.83. The molecule has 2 aliphatic heterocycles. The van der Waals surface area contributed by atoms with E-state index in [1.54, 1.807) is 6.20 Å². The van der Waals surface area contributed by atoms with E-state index in [4.69, 9.17) is 0 Å². The van der Waals surface area contributed by atoms with Gasteiger partial charge in [-0.05, 0) is 25.0 Å². The summed E-state index contributed by atoms with van der Waals surface area (Å²) >= 11 is 0. The molecule has 3 atom stereocenters. The summed E-state index contributed by atoms with van der Waals surface area (Å²) in [5, 5.41) is 0. The summed E-state index contributed by atoms with van der Waals surface area (Å²) in [6.45, 7) is 5.42. The van der Waals surface area contributed by atoms with Crippen molar-refractivity contribution < 1.29 is 0 Å². The second kappa shape index (κ2) is 6.93.